The van der Waals surface area contributed by atoms with Crippen molar-refractivity contribution < 1.29 is 0 Å². The fourth-order valence-electron chi connectivity index (χ4n) is 5.53. The summed E-state index contributed by atoms with van der Waals surface area (Å²) in [6, 6.07) is 19.1. The molecule has 27 heavy (non-hydrogen) atoms. The van der Waals surface area contributed by atoms with Crippen LogP contribution in [0.4, 0.5) is 0 Å². The van der Waals surface area contributed by atoms with E-state index in [2.05, 4.69) is 62.4 Å². The molecule has 0 aromatic heterocycles. The molecule has 0 heterocycles. The van der Waals surface area contributed by atoms with Crippen molar-refractivity contribution in [1.82, 2.24) is 0 Å². The van der Waals surface area contributed by atoms with Crippen molar-refractivity contribution in [2.45, 2.75) is 95.3 Å². The van der Waals surface area contributed by atoms with Crippen molar-refractivity contribution in [3.05, 3.63) is 70.8 Å². The molecule has 0 atom stereocenters. The summed E-state index contributed by atoms with van der Waals surface area (Å²) >= 11 is 0. The second kappa shape index (κ2) is 7.82. The first-order chi connectivity index (χ1) is 13.1. The normalized spacial score (nSPS) is 21.7. The van der Waals surface area contributed by atoms with Crippen LogP contribution in [-0.2, 0) is 17.3 Å². The third-order valence-corrected chi connectivity index (χ3v) is 7.62. The predicted octanol–water partition coefficient (Wildman–Crippen LogP) is 7.72. The molecule has 0 heteroatoms. The molecule has 0 amide bonds. The van der Waals surface area contributed by atoms with Gasteiger partial charge in [0.1, 0.15) is 0 Å². The van der Waals surface area contributed by atoms with Crippen molar-refractivity contribution in [3.63, 3.8) is 0 Å². The smallest absolute Gasteiger partial charge is 0.00258 e. The van der Waals surface area contributed by atoms with E-state index in [4.69, 9.17) is 0 Å². The van der Waals surface area contributed by atoms with E-state index in [1.165, 1.54) is 75.3 Å². The van der Waals surface area contributed by atoms with Crippen LogP contribution in [0.1, 0.15) is 100 Å². The lowest BCUT2D eigenvalue weighted by Gasteiger charge is -2.34. The minimum atomic E-state index is 0.411. The van der Waals surface area contributed by atoms with Gasteiger partial charge in [-0.15, -0.1) is 0 Å². The van der Waals surface area contributed by atoms with E-state index < -0.39 is 0 Å². The molecule has 2 aromatic carbocycles. The van der Waals surface area contributed by atoms with Crippen LogP contribution in [0.25, 0.3) is 0 Å². The summed E-state index contributed by atoms with van der Waals surface area (Å²) in [5.41, 5.74) is 6.80. The van der Waals surface area contributed by atoms with E-state index in [9.17, 15) is 0 Å². The standard InChI is InChI=1S/C27H36/c1-26(17-5-3-6-18-26)24-13-9-22(10-14-24)21-23-11-15-25(16-12-23)27(2)19-7-4-8-20-27/h9-16H,3-8,17-21H2,1-2H3. The van der Waals surface area contributed by atoms with E-state index in [1.807, 2.05) is 0 Å². The zero-order valence-electron chi connectivity index (χ0n) is 17.4. The van der Waals surface area contributed by atoms with Gasteiger partial charge in [-0.05, 0) is 65.2 Å². The molecule has 0 nitrogen and oxygen atoms in total. The molecule has 4 rings (SSSR count). The van der Waals surface area contributed by atoms with Gasteiger partial charge in [-0.1, -0.05) is 101 Å². The predicted molar refractivity (Wildman–Crippen MR) is 117 cm³/mol. The topological polar surface area (TPSA) is 0 Å². The van der Waals surface area contributed by atoms with Crippen molar-refractivity contribution in [3.8, 4) is 0 Å². The summed E-state index contributed by atoms with van der Waals surface area (Å²) in [7, 11) is 0. The van der Waals surface area contributed by atoms with Crippen LogP contribution >= 0.6 is 0 Å². The monoisotopic (exact) mass is 360 g/mol. The summed E-state index contributed by atoms with van der Waals surface area (Å²) in [4.78, 5) is 0. The molecule has 0 aliphatic heterocycles. The van der Waals surface area contributed by atoms with Crippen molar-refractivity contribution in [2.75, 3.05) is 0 Å². The maximum absolute atomic E-state index is 2.46. The molecule has 0 radical (unpaired) electrons. The Hall–Kier alpha value is -1.56. The van der Waals surface area contributed by atoms with E-state index in [0.29, 0.717) is 10.8 Å². The summed E-state index contributed by atoms with van der Waals surface area (Å²) < 4.78 is 0. The number of hydrogen-bond donors (Lipinski definition) is 0. The van der Waals surface area contributed by atoms with Gasteiger partial charge in [0.05, 0.1) is 0 Å². The van der Waals surface area contributed by atoms with Gasteiger partial charge in [0, 0.05) is 0 Å². The Bertz CT molecular complexity index is 657. The Morgan fingerprint density at radius 1 is 0.519 bits per heavy atom. The van der Waals surface area contributed by atoms with Gasteiger partial charge in [0.15, 0.2) is 0 Å². The van der Waals surface area contributed by atoms with Crippen molar-refractivity contribution in [1.29, 1.82) is 0 Å². The summed E-state index contributed by atoms with van der Waals surface area (Å²) in [6.07, 6.45) is 14.9. The van der Waals surface area contributed by atoms with Gasteiger partial charge in [0.2, 0.25) is 0 Å². The van der Waals surface area contributed by atoms with E-state index >= 15 is 0 Å². The Morgan fingerprint density at radius 2 is 0.852 bits per heavy atom. The molecule has 0 spiro atoms. The van der Waals surface area contributed by atoms with E-state index in [0.717, 1.165) is 6.42 Å². The zero-order chi connectivity index (χ0) is 18.7. The van der Waals surface area contributed by atoms with Gasteiger partial charge >= 0.3 is 0 Å². The highest BCUT2D eigenvalue weighted by Crippen LogP contribution is 2.40. The molecule has 2 saturated carbocycles. The van der Waals surface area contributed by atoms with Crippen LogP contribution in [-0.4, -0.2) is 0 Å². The lowest BCUT2D eigenvalue weighted by molar-refractivity contribution is 0.319. The first kappa shape index (κ1) is 18.8. The third-order valence-electron chi connectivity index (χ3n) is 7.62. The minimum Gasteiger partial charge on any atom is -0.0584 e. The van der Waals surface area contributed by atoms with Gasteiger partial charge in [0.25, 0.3) is 0 Å². The molecule has 2 aliphatic rings. The molecule has 2 fully saturated rings. The first-order valence-electron chi connectivity index (χ1n) is 11.3. The molecular weight excluding hydrogens is 324 g/mol. The first-order valence-corrected chi connectivity index (χ1v) is 11.3. The van der Waals surface area contributed by atoms with Crippen LogP contribution in [0.3, 0.4) is 0 Å². The average molecular weight is 361 g/mol. The molecule has 2 aromatic rings. The van der Waals surface area contributed by atoms with Crippen molar-refractivity contribution in [2.24, 2.45) is 0 Å². The fraction of sp³-hybridized carbons (Fsp3) is 0.556. The number of hydrogen-bond acceptors (Lipinski definition) is 0. The lowest BCUT2D eigenvalue weighted by Crippen LogP contribution is -2.25. The second-order valence-electron chi connectivity index (χ2n) is 9.81. The van der Waals surface area contributed by atoms with Crippen LogP contribution in [0, 0.1) is 0 Å². The largest absolute Gasteiger partial charge is 0.0584 e. The highest BCUT2D eigenvalue weighted by Gasteiger charge is 2.29. The Balaban J connectivity index is 1.43. The van der Waals surface area contributed by atoms with Gasteiger partial charge in [-0.25, -0.2) is 0 Å². The second-order valence-corrected chi connectivity index (χ2v) is 9.81. The minimum absolute atomic E-state index is 0.411. The molecule has 0 unspecified atom stereocenters. The average Bonchev–Trinajstić information content (AvgIpc) is 2.70. The Kier molecular flexibility index (Phi) is 5.44. The molecule has 144 valence electrons. The van der Waals surface area contributed by atoms with Gasteiger partial charge in [-0.3, -0.25) is 0 Å². The van der Waals surface area contributed by atoms with Crippen LogP contribution in [0.15, 0.2) is 48.5 Å². The number of rotatable bonds is 4. The van der Waals surface area contributed by atoms with Gasteiger partial charge < -0.3 is 0 Å². The molecule has 2 aliphatic carbocycles. The molecule has 0 saturated heterocycles. The van der Waals surface area contributed by atoms with E-state index in [-0.39, 0.29) is 0 Å². The summed E-state index contributed by atoms with van der Waals surface area (Å²) in [6.45, 7) is 4.93. The molecular formula is C27H36. The zero-order valence-corrected chi connectivity index (χ0v) is 17.4. The van der Waals surface area contributed by atoms with Crippen LogP contribution in [0.5, 0.6) is 0 Å². The highest BCUT2D eigenvalue weighted by molar-refractivity contribution is 5.35. The highest BCUT2D eigenvalue weighted by atomic mass is 14.3. The quantitative estimate of drug-likeness (QED) is 0.523. The maximum atomic E-state index is 2.46. The van der Waals surface area contributed by atoms with Crippen molar-refractivity contribution >= 4 is 0 Å². The van der Waals surface area contributed by atoms with Crippen LogP contribution in [0.2, 0.25) is 0 Å². The third kappa shape index (κ3) is 4.15. The maximum Gasteiger partial charge on any atom is -0.00258 e. The Labute approximate surface area is 166 Å². The fourth-order valence-corrected chi connectivity index (χ4v) is 5.53. The van der Waals surface area contributed by atoms with Gasteiger partial charge in [-0.2, -0.15) is 0 Å². The summed E-state index contributed by atoms with van der Waals surface area (Å²) in [5, 5.41) is 0. The van der Waals surface area contributed by atoms with Crippen LogP contribution < -0.4 is 0 Å². The molecule has 0 bridgehead atoms. The SMILES string of the molecule is CC1(c2ccc(Cc3ccc(C4(C)CCCCC4)cc3)cc2)CCCCC1. The number of benzene rings is 2. The lowest BCUT2D eigenvalue weighted by atomic mass is 9.71. The summed E-state index contributed by atoms with van der Waals surface area (Å²) in [5.74, 6) is 0. The molecule has 0 N–H and O–H groups in total. The van der Waals surface area contributed by atoms with E-state index in [1.54, 1.807) is 11.1 Å². The Morgan fingerprint density at radius 3 is 1.19 bits per heavy atom.